The lowest BCUT2D eigenvalue weighted by Crippen LogP contribution is -2.13. The molecule has 0 saturated heterocycles. The Bertz CT molecular complexity index is 377. The number of carbonyl (C=O) groups excluding carboxylic acids is 1. The number of ketones is 1. The van der Waals surface area contributed by atoms with Gasteiger partial charge in [-0.2, -0.15) is 0 Å². The molecule has 0 saturated carbocycles. The van der Waals surface area contributed by atoms with Gasteiger partial charge in [-0.15, -0.1) is 0 Å². The van der Waals surface area contributed by atoms with Crippen molar-refractivity contribution < 1.29 is 4.79 Å². The summed E-state index contributed by atoms with van der Waals surface area (Å²) >= 11 is 0. The van der Waals surface area contributed by atoms with Crippen molar-refractivity contribution in [1.29, 1.82) is 0 Å². The number of pyridine rings is 1. The van der Waals surface area contributed by atoms with Crippen LogP contribution >= 0.6 is 0 Å². The summed E-state index contributed by atoms with van der Waals surface area (Å²) in [5, 5.41) is 0. The molecular formula is C12H19N3O. The fourth-order valence-electron chi connectivity index (χ4n) is 1.43. The molecule has 1 aromatic heterocycles. The second-order valence-electron chi connectivity index (χ2n) is 4.25. The number of Topliss-reactive ketones (excluding diaryl/α,β-unsaturated/α-hetero) is 1. The Balaban J connectivity index is 2.69. The molecule has 1 atom stereocenters. The Hall–Kier alpha value is -1.42. The molecule has 0 fully saturated rings. The fraction of sp³-hybridized carbons (Fsp3) is 0.500. The van der Waals surface area contributed by atoms with E-state index in [0.29, 0.717) is 30.3 Å². The van der Waals surface area contributed by atoms with E-state index in [0.717, 1.165) is 12.0 Å². The van der Waals surface area contributed by atoms with Crippen molar-refractivity contribution in [1.82, 2.24) is 4.98 Å². The zero-order valence-corrected chi connectivity index (χ0v) is 9.86. The average Bonchev–Trinajstić information content (AvgIpc) is 2.28. The first kappa shape index (κ1) is 12.6. The van der Waals surface area contributed by atoms with E-state index in [1.165, 1.54) is 0 Å². The molecule has 0 aromatic carbocycles. The van der Waals surface area contributed by atoms with E-state index in [9.17, 15) is 4.79 Å². The summed E-state index contributed by atoms with van der Waals surface area (Å²) in [6.07, 6.45) is 2.94. The summed E-state index contributed by atoms with van der Waals surface area (Å²) in [6.45, 7) is 4.53. The minimum atomic E-state index is 0.0500. The molecular weight excluding hydrogens is 202 g/mol. The lowest BCUT2D eigenvalue weighted by atomic mass is 10.00. The zero-order chi connectivity index (χ0) is 12.1. The van der Waals surface area contributed by atoms with Crippen LogP contribution in [0.5, 0.6) is 0 Å². The predicted molar refractivity (Wildman–Crippen MR) is 65.2 cm³/mol. The first-order chi connectivity index (χ1) is 7.54. The Labute approximate surface area is 96.0 Å². The highest BCUT2D eigenvalue weighted by Gasteiger charge is 2.12. The van der Waals surface area contributed by atoms with Crippen LogP contribution in [0.4, 0.5) is 5.82 Å². The van der Waals surface area contributed by atoms with Gasteiger partial charge < -0.3 is 11.5 Å². The maximum Gasteiger partial charge on any atom is 0.166 e. The number of aryl methyl sites for hydroxylation is 1. The van der Waals surface area contributed by atoms with Crippen molar-refractivity contribution >= 4 is 11.6 Å². The maximum absolute atomic E-state index is 11.9. The Morgan fingerprint density at radius 1 is 1.56 bits per heavy atom. The van der Waals surface area contributed by atoms with Gasteiger partial charge in [-0.3, -0.25) is 4.79 Å². The van der Waals surface area contributed by atoms with Gasteiger partial charge in [0.25, 0.3) is 0 Å². The molecule has 0 aliphatic heterocycles. The molecule has 0 aliphatic carbocycles. The number of anilines is 1. The molecule has 16 heavy (non-hydrogen) atoms. The van der Waals surface area contributed by atoms with Crippen LogP contribution in [0.2, 0.25) is 0 Å². The molecule has 0 aliphatic rings. The molecule has 1 unspecified atom stereocenters. The molecule has 88 valence electrons. The van der Waals surface area contributed by atoms with Gasteiger partial charge in [-0.05, 0) is 37.4 Å². The molecule has 1 heterocycles. The highest BCUT2D eigenvalue weighted by atomic mass is 16.1. The quantitative estimate of drug-likeness (QED) is 0.739. The van der Waals surface area contributed by atoms with Gasteiger partial charge in [0.15, 0.2) is 5.78 Å². The Morgan fingerprint density at radius 3 is 2.88 bits per heavy atom. The number of nitrogens with two attached hydrogens (primary N) is 2. The molecule has 4 heteroatoms. The van der Waals surface area contributed by atoms with Crippen molar-refractivity contribution in [2.75, 3.05) is 12.3 Å². The Morgan fingerprint density at radius 2 is 2.25 bits per heavy atom. The lowest BCUT2D eigenvalue weighted by molar-refractivity contribution is 0.0975. The molecule has 0 bridgehead atoms. The Kier molecular flexibility index (Phi) is 4.43. The van der Waals surface area contributed by atoms with Gasteiger partial charge in [0, 0.05) is 12.6 Å². The van der Waals surface area contributed by atoms with Crippen LogP contribution < -0.4 is 11.5 Å². The van der Waals surface area contributed by atoms with Crippen molar-refractivity contribution in [2.45, 2.75) is 26.7 Å². The van der Waals surface area contributed by atoms with E-state index in [4.69, 9.17) is 11.5 Å². The molecule has 4 nitrogen and oxygen atoms in total. The van der Waals surface area contributed by atoms with Crippen LogP contribution in [0.15, 0.2) is 12.3 Å². The number of hydrogen-bond acceptors (Lipinski definition) is 4. The van der Waals surface area contributed by atoms with E-state index in [2.05, 4.69) is 4.98 Å². The van der Waals surface area contributed by atoms with Gasteiger partial charge in [0.05, 0.1) is 5.56 Å². The lowest BCUT2D eigenvalue weighted by Gasteiger charge is -2.08. The van der Waals surface area contributed by atoms with Gasteiger partial charge in [0.2, 0.25) is 0 Å². The van der Waals surface area contributed by atoms with Gasteiger partial charge in [-0.25, -0.2) is 4.98 Å². The number of nitrogens with zero attached hydrogens (tertiary/aromatic N) is 1. The number of carbonyl (C=O) groups is 1. The molecule has 4 N–H and O–H groups in total. The number of nitrogen functional groups attached to an aromatic ring is 1. The van der Waals surface area contributed by atoms with Crippen LogP contribution in [0.1, 0.15) is 35.7 Å². The summed E-state index contributed by atoms with van der Waals surface area (Å²) in [4.78, 5) is 15.9. The molecule has 1 rings (SSSR count). The second-order valence-corrected chi connectivity index (χ2v) is 4.25. The first-order valence-electron chi connectivity index (χ1n) is 5.50. The topological polar surface area (TPSA) is 82.0 Å². The third-order valence-corrected chi connectivity index (χ3v) is 2.62. The minimum Gasteiger partial charge on any atom is -0.383 e. The molecule has 0 spiro atoms. The highest BCUT2D eigenvalue weighted by Crippen LogP contribution is 2.15. The van der Waals surface area contributed by atoms with E-state index in [1.807, 2.05) is 13.8 Å². The monoisotopic (exact) mass is 221 g/mol. The third-order valence-electron chi connectivity index (χ3n) is 2.62. The van der Waals surface area contributed by atoms with Crippen LogP contribution in [0.25, 0.3) is 0 Å². The molecule has 1 aromatic rings. The van der Waals surface area contributed by atoms with Crippen molar-refractivity contribution in [3.8, 4) is 0 Å². The fourth-order valence-corrected chi connectivity index (χ4v) is 1.43. The van der Waals surface area contributed by atoms with Crippen molar-refractivity contribution in [2.24, 2.45) is 11.7 Å². The normalized spacial score (nSPS) is 12.4. The van der Waals surface area contributed by atoms with Crippen LogP contribution in [0, 0.1) is 12.8 Å². The predicted octanol–water partition coefficient (Wildman–Crippen LogP) is 1.53. The number of aromatic nitrogens is 1. The van der Waals surface area contributed by atoms with Gasteiger partial charge >= 0.3 is 0 Å². The molecule has 0 amide bonds. The van der Waals surface area contributed by atoms with Crippen molar-refractivity contribution in [3.05, 3.63) is 23.4 Å². The molecule has 0 radical (unpaired) electrons. The summed E-state index contributed by atoms with van der Waals surface area (Å²) < 4.78 is 0. The smallest absolute Gasteiger partial charge is 0.166 e. The van der Waals surface area contributed by atoms with E-state index >= 15 is 0 Å². The van der Waals surface area contributed by atoms with Crippen LogP contribution in [-0.4, -0.2) is 17.3 Å². The standard InChI is InChI=1S/C12H19N3O/c1-8(6-13)3-4-11(16)10-5-9(2)7-15-12(10)14/h5,7-8H,3-4,6,13H2,1-2H3,(H2,14,15). The number of rotatable bonds is 5. The maximum atomic E-state index is 11.9. The van der Waals surface area contributed by atoms with Crippen LogP contribution in [0.3, 0.4) is 0 Å². The first-order valence-corrected chi connectivity index (χ1v) is 5.50. The number of hydrogen-bond donors (Lipinski definition) is 2. The summed E-state index contributed by atoms with van der Waals surface area (Å²) in [5.41, 5.74) is 12.7. The van der Waals surface area contributed by atoms with E-state index in [1.54, 1.807) is 12.3 Å². The summed E-state index contributed by atoms with van der Waals surface area (Å²) in [6, 6.07) is 1.79. The van der Waals surface area contributed by atoms with Crippen molar-refractivity contribution in [3.63, 3.8) is 0 Å². The van der Waals surface area contributed by atoms with Crippen LogP contribution in [-0.2, 0) is 0 Å². The summed E-state index contributed by atoms with van der Waals surface area (Å²) in [5.74, 6) is 0.730. The second kappa shape index (κ2) is 5.61. The SMILES string of the molecule is Cc1cnc(N)c(C(=O)CCC(C)CN)c1. The zero-order valence-electron chi connectivity index (χ0n) is 9.86. The average molecular weight is 221 g/mol. The third kappa shape index (κ3) is 3.31. The van der Waals surface area contributed by atoms with Gasteiger partial charge in [-0.1, -0.05) is 6.92 Å². The van der Waals surface area contributed by atoms with Gasteiger partial charge in [0.1, 0.15) is 5.82 Å². The van der Waals surface area contributed by atoms with E-state index in [-0.39, 0.29) is 5.78 Å². The largest absolute Gasteiger partial charge is 0.383 e. The minimum absolute atomic E-state index is 0.0500. The van der Waals surface area contributed by atoms with E-state index < -0.39 is 0 Å². The highest BCUT2D eigenvalue weighted by molar-refractivity contribution is 6.00. The summed E-state index contributed by atoms with van der Waals surface area (Å²) in [7, 11) is 0.